The van der Waals surface area contributed by atoms with E-state index in [1.807, 2.05) is 13.8 Å². The largest absolute Gasteiger partial charge is 0.497 e. The van der Waals surface area contributed by atoms with Crippen LogP contribution >= 0.6 is 0 Å². The van der Waals surface area contributed by atoms with Crippen LogP contribution in [0, 0.1) is 5.41 Å². The fourth-order valence-corrected chi connectivity index (χ4v) is 2.38. The first kappa shape index (κ1) is 11.0. The lowest BCUT2D eigenvalue weighted by molar-refractivity contribution is -0.112. The molecule has 1 spiro atoms. The van der Waals surface area contributed by atoms with Crippen molar-refractivity contribution >= 4 is 0 Å². The van der Waals surface area contributed by atoms with Crippen LogP contribution in [0.1, 0.15) is 26.7 Å². The molecule has 3 nitrogen and oxygen atoms in total. The molecule has 2 rings (SSSR count). The number of ether oxygens (including phenoxy) is 3. The van der Waals surface area contributed by atoms with Crippen molar-refractivity contribution in [2.24, 2.45) is 5.41 Å². The van der Waals surface area contributed by atoms with Crippen LogP contribution in [0.2, 0.25) is 0 Å². The number of hydrogen-bond donors (Lipinski definition) is 0. The minimum atomic E-state index is 0.211. The highest BCUT2D eigenvalue weighted by Gasteiger charge is 2.48. The second-order valence-corrected chi connectivity index (χ2v) is 4.28. The summed E-state index contributed by atoms with van der Waals surface area (Å²) in [6.07, 6.45) is 2.28. The van der Waals surface area contributed by atoms with Gasteiger partial charge in [-0.3, -0.25) is 0 Å². The molecule has 1 aliphatic carbocycles. The zero-order chi connectivity index (χ0) is 10.7. The molecule has 2 aliphatic rings. The zero-order valence-corrected chi connectivity index (χ0v) is 9.67. The second kappa shape index (κ2) is 4.54. The molecule has 0 N–H and O–H groups in total. The minimum Gasteiger partial charge on any atom is -0.497 e. The summed E-state index contributed by atoms with van der Waals surface area (Å²) in [6, 6.07) is 0. The summed E-state index contributed by atoms with van der Waals surface area (Å²) in [5, 5.41) is 0. The molecule has 0 aromatic rings. The molecule has 0 unspecified atom stereocenters. The first-order chi connectivity index (χ1) is 7.32. The highest BCUT2D eigenvalue weighted by Crippen LogP contribution is 2.48. The molecule has 0 bridgehead atoms. The van der Waals surface area contributed by atoms with Gasteiger partial charge in [-0.15, -0.1) is 0 Å². The van der Waals surface area contributed by atoms with E-state index in [9.17, 15) is 0 Å². The molecule has 0 radical (unpaired) electrons. The third-order valence-electron chi connectivity index (χ3n) is 3.23. The van der Waals surface area contributed by atoms with Gasteiger partial charge in [-0.05, 0) is 32.3 Å². The molecule has 3 heteroatoms. The van der Waals surface area contributed by atoms with Gasteiger partial charge in [0, 0.05) is 6.61 Å². The maximum atomic E-state index is 5.79. The van der Waals surface area contributed by atoms with Gasteiger partial charge >= 0.3 is 0 Å². The Kier molecular flexibility index (Phi) is 3.32. The van der Waals surface area contributed by atoms with Gasteiger partial charge in [0.1, 0.15) is 5.76 Å². The lowest BCUT2D eigenvalue weighted by Crippen LogP contribution is -2.43. The lowest BCUT2D eigenvalue weighted by Gasteiger charge is -2.39. The van der Waals surface area contributed by atoms with Crippen LogP contribution in [0.25, 0.3) is 0 Å². The third-order valence-corrected chi connectivity index (χ3v) is 3.23. The molecule has 1 fully saturated rings. The minimum absolute atomic E-state index is 0.211. The summed E-state index contributed by atoms with van der Waals surface area (Å²) >= 11 is 0. The fourth-order valence-electron chi connectivity index (χ4n) is 2.38. The van der Waals surface area contributed by atoms with Gasteiger partial charge in [0.2, 0.25) is 0 Å². The lowest BCUT2D eigenvalue weighted by atomic mass is 9.84. The van der Waals surface area contributed by atoms with E-state index in [-0.39, 0.29) is 5.41 Å². The van der Waals surface area contributed by atoms with Gasteiger partial charge in [-0.25, -0.2) is 0 Å². The fraction of sp³-hybridized carbons (Fsp3) is 0.833. The quantitative estimate of drug-likeness (QED) is 0.698. The van der Waals surface area contributed by atoms with E-state index in [2.05, 4.69) is 0 Å². The SMILES string of the molecule is CCOCC1=C(OCC)C2(CC1)COC2. The van der Waals surface area contributed by atoms with Crippen molar-refractivity contribution < 1.29 is 14.2 Å². The van der Waals surface area contributed by atoms with E-state index in [1.165, 1.54) is 17.8 Å². The van der Waals surface area contributed by atoms with Crippen LogP contribution in [-0.4, -0.2) is 33.0 Å². The third kappa shape index (κ3) is 1.91. The monoisotopic (exact) mass is 212 g/mol. The summed E-state index contributed by atoms with van der Waals surface area (Å²) in [5.74, 6) is 1.17. The number of rotatable bonds is 5. The van der Waals surface area contributed by atoms with Gasteiger partial charge < -0.3 is 14.2 Å². The highest BCUT2D eigenvalue weighted by molar-refractivity contribution is 5.26. The van der Waals surface area contributed by atoms with Gasteiger partial charge in [0.25, 0.3) is 0 Å². The molecular weight excluding hydrogens is 192 g/mol. The van der Waals surface area contributed by atoms with E-state index in [0.717, 1.165) is 39.5 Å². The molecular formula is C12H20O3. The van der Waals surface area contributed by atoms with E-state index >= 15 is 0 Å². The molecule has 0 amide bonds. The molecule has 0 aromatic carbocycles. The Bertz CT molecular complexity index is 254. The molecule has 1 aliphatic heterocycles. The molecule has 0 saturated carbocycles. The summed E-state index contributed by atoms with van der Waals surface area (Å²) < 4.78 is 16.6. The predicted octanol–water partition coefficient (Wildman–Crippen LogP) is 2.12. The second-order valence-electron chi connectivity index (χ2n) is 4.28. The molecule has 1 heterocycles. The van der Waals surface area contributed by atoms with Crippen LogP contribution < -0.4 is 0 Å². The standard InChI is InChI=1S/C12H20O3/c1-3-13-7-10-5-6-12(8-14-9-12)11(10)15-4-2/h3-9H2,1-2H3. The van der Waals surface area contributed by atoms with Gasteiger partial charge in [0.05, 0.1) is 31.8 Å². The Morgan fingerprint density at radius 3 is 2.60 bits per heavy atom. The van der Waals surface area contributed by atoms with E-state index < -0.39 is 0 Å². The van der Waals surface area contributed by atoms with Crippen molar-refractivity contribution in [3.8, 4) is 0 Å². The average Bonchev–Trinajstić information content (AvgIpc) is 2.54. The Balaban J connectivity index is 2.08. The Morgan fingerprint density at radius 2 is 2.07 bits per heavy atom. The molecule has 86 valence electrons. The maximum absolute atomic E-state index is 5.79. The van der Waals surface area contributed by atoms with Gasteiger partial charge in [0.15, 0.2) is 0 Å². The van der Waals surface area contributed by atoms with Crippen molar-refractivity contribution in [1.82, 2.24) is 0 Å². The van der Waals surface area contributed by atoms with Crippen LogP contribution in [0.4, 0.5) is 0 Å². The van der Waals surface area contributed by atoms with Crippen LogP contribution in [0.5, 0.6) is 0 Å². The van der Waals surface area contributed by atoms with E-state index in [0.29, 0.717) is 0 Å². The van der Waals surface area contributed by atoms with E-state index in [4.69, 9.17) is 14.2 Å². The topological polar surface area (TPSA) is 27.7 Å². The number of hydrogen-bond acceptors (Lipinski definition) is 3. The molecule has 0 aromatic heterocycles. The molecule has 0 atom stereocenters. The van der Waals surface area contributed by atoms with E-state index in [1.54, 1.807) is 0 Å². The van der Waals surface area contributed by atoms with Crippen molar-refractivity contribution in [2.45, 2.75) is 26.7 Å². The van der Waals surface area contributed by atoms with Crippen LogP contribution in [0.15, 0.2) is 11.3 Å². The summed E-state index contributed by atoms with van der Waals surface area (Å²) in [4.78, 5) is 0. The normalized spacial score (nSPS) is 23.3. The first-order valence-corrected chi connectivity index (χ1v) is 5.83. The van der Waals surface area contributed by atoms with Crippen molar-refractivity contribution in [1.29, 1.82) is 0 Å². The van der Waals surface area contributed by atoms with Crippen molar-refractivity contribution in [3.63, 3.8) is 0 Å². The summed E-state index contributed by atoms with van der Waals surface area (Å²) in [7, 11) is 0. The average molecular weight is 212 g/mol. The summed E-state index contributed by atoms with van der Waals surface area (Å²) in [5.41, 5.74) is 1.56. The van der Waals surface area contributed by atoms with Gasteiger partial charge in [-0.2, -0.15) is 0 Å². The van der Waals surface area contributed by atoms with Gasteiger partial charge in [-0.1, -0.05) is 0 Å². The summed E-state index contributed by atoms with van der Waals surface area (Å²) in [6.45, 7) is 7.97. The van der Waals surface area contributed by atoms with Crippen LogP contribution in [-0.2, 0) is 14.2 Å². The zero-order valence-electron chi connectivity index (χ0n) is 9.67. The van der Waals surface area contributed by atoms with Crippen molar-refractivity contribution in [3.05, 3.63) is 11.3 Å². The Labute approximate surface area is 91.4 Å². The molecule has 15 heavy (non-hydrogen) atoms. The highest BCUT2D eigenvalue weighted by atomic mass is 16.5. The van der Waals surface area contributed by atoms with Crippen LogP contribution in [0.3, 0.4) is 0 Å². The first-order valence-electron chi connectivity index (χ1n) is 5.83. The van der Waals surface area contributed by atoms with Crippen molar-refractivity contribution in [2.75, 3.05) is 33.0 Å². The predicted molar refractivity (Wildman–Crippen MR) is 57.6 cm³/mol. The maximum Gasteiger partial charge on any atom is 0.108 e. The Morgan fingerprint density at radius 1 is 1.27 bits per heavy atom. The smallest absolute Gasteiger partial charge is 0.108 e. The Hall–Kier alpha value is -0.540. The molecule has 1 saturated heterocycles.